The van der Waals surface area contributed by atoms with Gasteiger partial charge in [-0.25, -0.2) is 4.57 Å². The second kappa shape index (κ2) is 4.60. The van der Waals surface area contributed by atoms with Crippen molar-refractivity contribution in [3.8, 4) is 0 Å². The molecule has 0 aliphatic heterocycles. The first-order valence-corrected chi connectivity index (χ1v) is 5.94. The van der Waals surface area contributed by atoms with Crippen molar-refractivity contribution >= 4 is 16.0 Å². The Balaban J connectivity index is 4.14. The lowest BCUT2D eigenvalue weighted by Gasteiger charge is -2.10. The Morgan fingerprint density at radius 3 is 2.33 bits per heavy atom. The molecule has 0 aromatic carbocycles. The van der Waals surface area contributed by atoms with E-state index in [4.69, 9.17) is 14.7 Å². The molecule has 0 aliphatic rings. The smallest absolute Gasteiger partial charge is 0.300 e. The third-order valence-corrected chi connectivity index (χ3v) is 3.48. The van der Waals surface area contributed by atoms with E-state index in [1.165, 1.54) is 6.92 Å². The van der Waals surface area contributed by atoms with Crippen LogP contribution in [0.5, 0.6) is 0 Å². The normalized spacial score (nSPS) is 17.4. The predicted molar refractivity (Wildman–Crippen MR) is 40.9 cm³/mol. The van der Waals surface area contributed by atoms with Crippen LogP contribution in [-0.2, 0) is 17.9 Å². The van der Waals surface area contributed by atoms with Crippen molar-refractivity contribution in [2.75, 3.05) is 13.7 Å². The van der Waals surface area contributed by atoms with E-state index in [0.717, 1.165) is 7.11 Å². The zero-order valence-electron chi connectivity index (χ0n) is 6.58. The first-order valence-electron chi connectivity index (χ1n) is 2.92. The van der Waals surface area contributed by atoms with Gasteiger partial charge in [0.2, 0.25) is 0 Å². The maximum Gasteiger partial charge on any atom is 0.580 e. The molecule has 9 heteroatoms. The van der Waals surface area contributed by atoms with Crippen LogP contribution in [0.25, 0.3) is 0 Å². The third-order valence-electron chi connectivity index (χ3n) is 0.740. The average molecular weight is 221 g/mol. The number of hydrogen-bond acceptors (Lipinski definition) is 6. The molecule has 0 heterocycles. The van der Waals surface area contributed by atoms with E-state index >= 15 is 0 Å². The maximum absolute atomic E-state index is 10.7. The predicted octanol–water partition coefficient (Wildman–Crippen LogP) is 0.449. The lowest BCUT2D eigenvalue weighted by molar-refractivity contribution is 0.151. The molecular weight excluding hydrogens is 210 g/mol. The van der Waals surface area contributed by atoms with Gasteiger partial charge in [-0.05, 0) is 11.2 Å². The van der Waals surface area contributed by atoms with Crippen LogP contribution < -0.4 is 0 Å². The molecule has 0 fully saturated rings. The zero-order valence-corrected chi connectivity index (χ0v) is 8.37. The summed E-state index contributed by atoms with van der Waals surface area (Å²) in [5.41, 5.74) is 0. The molecule has 0 aliphatic carbocycles. The van der Waals surface area contributed by atoms with E-state index < -0.39 is 16.0 Å². The van der Waals surface area contributed by atoms with Crippen LogP contribution in [0.1, 0.15) is 6.92 Å². The third kappa shape index (κ3) is 5.13. The minimum Gasteiger partial charge on any atom is -0.300 e. The van der Waals surface area contributed by atoms with Crippen molar-refractivity contribution in [3.63, 3.8) is 0 Å². The van der Waals surface area contributed by atoms with Gasteiger partial charge in [0.15, 0.2) is 0 Å². The number of phosphoric ester groups is 1. The van der Waals surface area contributed by atoms with Gasteiger partial charge in [-0.2, -0.15) is 14.3 Å². The number of hydrogen-bond donors (Lipinski definition) is 3. The molecule has 1 unspecified atom stereocenters. The highest BCUT2D eigenvalue weighted by Crippen LogP contribution is 2.64. The van der Waals surface area contributed by atoms with Gasteiger partial charge in [-0.1, -0.05) is 0 Å². The largest absolute Gasteiger partial charge is 0.580 e. The summed E-state index contributed by atoms with van der Waals surface area (Å²) in [5, 5.41) is 0. The van der Waals surface area contributed by atoms with Crippen molar-refractivity contribution < 1.29 is 32.6 Å². The molecule has 0 bridgehead atoms. The average Bonchev–Trinajstić information content (AvgIpc) is 1.85. The number of rotatable bonds is 5. The topological polar surface area (TPSA) is 105 Å². The molecule has 0 amide bonds. The van der Waals surface area contributed by atoms with Crippen molar-refractivity contribution in [1.29, 1.82) is 0 Å². The van der Waals surface area contributed by atoms with Gasteiger partial charge in [-0.3, -0.25) is 4.52 Å². The van der Waals surface area contributed by atoms with Crippen LogP contribution >= 0.6 is 16.0 Å². The molecule has 0 saturated heterocycles. The second-order valence-electron chi connectivity index (χ2n) is 1.64. The lowest BCUT2D eigenvalue weighted by Crippen LogP contribution is -1.99. The Kier molecular flexibility index (Phi) is 4.76. The molecule has 0 rings (SSSR count). The van der Waals surface area contributed by atoms with Crippen molar-refractivity contribution in [3.05, 3.63) is 0 Å². The summed E-state index contributed by atoms with van der Waals surface area (Å²) in [6.07, 6.45) is 0. The summed E-state index contributed by atoms with van der Waals surface area (Å²) in [4.78, 5) is 26.1. The van der Waals surface area contributed by atoms with Gasteiger partial charge < -0.3 is 4.89 Å². The van der Waals surface area contributed by atoms with Gasteiger partial charge in [-0.15, -0.1) is 0 Å². The fraction of sp³-hybridized carbons (Fsp3) is 1.00. The summed E-state index contributed by atoms with van der Waals surface area (Å²) in [6, 6.07) is 0. The molecule has 0 radical (unpaired) electrons. The second-order valence-corrected chi connectivity index (χ2v) is 4.84. The molecule has 74 valence electrons. The first kappa shape index (κ1) is 12.4. The summed E-state index contributed by atoms with van der Waals surface area (Å²) < 4.78 is 22.8. The van der Waals surface area contributed by atoms with E-state index in [0.29, 0.717) is 0 Å². The molecule has 7 nitrogen and oxygen atoms in total. The van der Waals surface area contributed by atoms with E-state index in [-0.39, 0.29) is 6.61 Å². The summed E-state index contributed by atoms with van der Waals surface area (Å²) in [5.74, 6) is 0. The Hall–Kier alpha value is 0.420. The van der Waals surface area contributed by atoms with Crippen molar-refractivity contribution in [2.45, 2.75) is 6.92 Å². The van der Waals surface area contributed by atoms with Crippen LogP contribution in [0.2, 0.25) is 0 Å². The van der Waals surface area contributed by atoms with E-state index in [1.807, 2.05) is 0 Å². The highest BCUT2D eigenvalue weighted by atomic mass is 31.3. The van der Waals surface area contributed by atoms with Crippen LogP contribution in [0.15, 0.2) is 0 Å². The fourth-order valence-electron chi connectivity index (χ4n) is 0.354. The van der Waals surface area contributed by atoms with Gasteiger partial charge in [0.1, 0.15) is 0 Å². The van der Waals surface area contributed by atoms with Gasteiger partial charge in [0.25, 0.3) is 0 Å². The van der Waals surface area contributed by atoms with Crippen molar-refractivity contribution in [1.82, 2.24) is 0 Å². The first-order chi connectivity index (χ1) is 5.33. The van der Waals surface area contributed by atoms with E-state index in [1.54, 1.807) is 0 Å². The SMILES string of the molecule is CCOP(=O)(O)O[P+](O)(O)OC. The Labute approximate surface area is 70.2 Å². The van der Waals surface area contributed by atoms with Crippen LogP contribution in [0.3, 0.4) is 0 Å². The summed E-state index contributed by atoms with van der Waals surface area (Å²) in [6.45, 7) is 1.37. The monoisotopic (exact) mass is 221 g/mol. The summed E-state index contributed by atoms with van der Waals surface area (Å²) in [7, 11) is -7.69. The molecule has 0 aromatic rings. The molecule has 0 spiro atoms. The van der Waals surface area contributed by atoms with E-state index in [9.17, 15) is 4.57 Å². The van der Waals surface area contributed by atoms with E-state index in [2.05, 4.69) is 13.4 Å². The molecule has 1 atom stereocenters. The van der Waals surface area contributed by atoms with Gasteiger partial charge >= 0.3 is 16.0 Å². The highest BCUT2D eigenvalue weighted by Gasteiger charge is 2.47. The molecular formula is C3H11O7P2+. The standard InChI is InChI=1S/C3H10O7P2/c1-3-9-12(6,7)10-11(4,5)8-2/h4-5H,3H2,1-2H3/p+1. The van der Waals surface area contributed by atoms with Crippen molar-refractivity contribution in [2.24, 2.45) is 0 Å². The Bertz CT molecular complexity index is 179. The molecule has 12 heavy (non-hydrogen) atoms. The fourth-order valence-corrected chi connectivity index (χ4v) is 2.21. The molecule has 0 aromatic heterocycles. The minimum absolute atomic E-state index is 0.0858. The van der Waals surface area contributed by atoms with Crippen LogP contribution in [0, 0.1) is 0 Å². The number of phosphoric acid groups is 1. The zero-order chi connectivity index (χ0) is 9.83. The highest BCUT2D eigenvalue weighted by molar-refractivity contribution is 7.65. The maximum atomic E-state index is 10.7. The lowest BCUT2D eigenvalue weighted by atomic mass is 10.9. The van der Waals surface area contributed by atoms with Gasteiger partial charge in [0.05, 0.1) is 13.7 Å². The Morgan fingerprint density at radius 1 is 1.50 bits per heavy atom. The van der Waals surface area contributed by atoms with Crippen LogP contribution in [-0.4, -0.2) is 28.4 Å². The summed E-state index contributed by atoms with van der Waals surface area (Å²) >= 11 is 0. The molecule has 3 N–H and O–H groups in total. The van der Waals surface area contributed by atoms with Crippen LogP contribution in [0.4, 0.5) is 0 Å². The minimum atomic E-state index is -4.41. The quantitative estimate of drug-likeness (QED) is 0.578. The van der Waals surface area contributed by atoms with Gasteiger partial charge in [0, 0.05) is 0 Å². The molecule has 0 saturated carbocycles. The Morgan fingerprint density at radius 2 is 2.00 bits per heavy atom.